The van der Waals surface area contributed by atoms with Crippen LogP contribution in [0, 0.1) is 17.2 Å². The van der Waals surface area contributed by atoms with Crippen LogP contribution >= 0.6 is 11.6 Å². The van der Waals surface area contributed by atoms with E-state index in [-0.39, 0.29) is 17.9 Å². The van der Waals surface area contributed by atoms with Crippen molar-refractivity contribution in [3.63, 3.8) is 0 Å². The minimum absolute atomic E-state index is 0.0196. The van der Waals surface area contributed by atoms with Crippen LogP contribution in [0.3, 0.4) is 0 Å². The highest BCUT2D eigenvalue weighted by atomic mass is 35.5. The molecular weight excluding hydrogens is 226 g/mol. The number of nitriles is 1. The number of nitrogens with one attached hydrogen (secondary N) is 1. The molecule has 1 fully saturated rings. The lowest BCUT2D eigenvalue weighted by Gasteiger charge is -2.05. The molecule has 0 bridgehead atoms. The van der Waals surface area contributed by atoms with Gasteiger partial charge in [0, 0.05) is 11.7 Å². The fraction of sp³-hybridized carbons (Fsp3) is 0.273. The van der Waals surface area contributed by atoms with Crippen LogP contribution in [0.2, 0.25) is 5.02 Å². The topological polar surface area (TPSA) is 78.9 Å². The van der Waals surface area contributed by atoms with E-state index >= 15 is 0 Å². The number of nitrogens with two attached hydrogens (primary N) is 1. The summed E-state index contributed by atoms with van der Waals surface area (Å²) in [6.07, 6.45) is 0.732. The molecule has 1 aromatic carbocycles. The summed E-state index contributed by atoms with van der Waals surface area (Å²) in [4.78, 5) is 11.6. The van der Waals surface area contributed by atoms with Gasteiger partial charge in [0.1, 0.15) is 6.07 Å². The van der Waals surface area contributed by atoms with E-state index < -0.39 is 0 Å². The monoisotopic (exact) mass is 235 g/mol. The molecule has 1 aromatic rings. The van der Waals surface area contributed by atoms with E-state index in [0.717, 1.165) is 6.42 Å². The molecule has 1 saturated carbocycles. The zero-order valence-electron chi connectivity index (χ0n) is 8.40. The first kappa shape index (κ1) is 10.9. The van der Waals surface area contributed by atoms with Gasteiger partial charge in [-0.15, -0.1) is 0 Å². The van der Waals surface area contributed by atoms with Crippen molar-refractivity contribution in [2.75, 3.05) is 5.32 Å². The Bertz CT molecular complexity index is 481. The summed E-state index contributed by atoms with van der Waals surface area (Å²) < 4.78 is 0. The van der Waals surface area contributed by atoms with Crippen LogP contribution in [0.5, 0.6) is 0 Å². The Hall–Kier alpha value is -1.57. The van der Waals surface area contributed by atoms with Crippen molar-refractivity contribution in [1.29, 1.82) is 5.26 Å². The fourth-order valence-electron chi connectivity index (χ4n) is 1.43. The van der Waals surface area contributed by atoms with E-state index in [0.29, 0.717) is 16.3 Å². The van der Waals surface area contributed by atoms with Crippen molar-refractivity contribution in [2.45, 2.75) is 12.5 Å². The second-order valence-electron chi connectivity index (χ2n) is 3.80. The zero-order valence-corrected chi connectivity index (χ0v) is 9.16. The normalized spacial score (nSPS) is 22.3. The number of hydrogen-bond acceptors (Lipinski definition) is 3. The molecule has 1 amide bonds. The molecule has 82 valence electrons. The maximum atomic E-state index is 11.6. The number of amides is 1. The maximum absolute atomic E-state index is 11.6. The maximum Gasteiger partial charge on any atom is 0.229 e. The fourth-order valence-corrected chi connectivity index (χ4v) is 1.66. The Balaban J connectivity index is 2.08. The Morgan fingerprint density at radius 2 is 2.31 bits per heavy atom. The minimum atomic E-state index is -0.0896. The summed E-state index contributed by atoms with van der Waals surface area (Å²) in [5.41, 5.74) is 6.55. The lowest BCUT2D eigenvalue weighted by atomic mass is 10.2. The number of rotatable bonds is 2. The van der Waals surface area contributed by atoms with Crippen molar-refractivity contribution in [2.24, 2.45) is 11.7 Å². The molecule has 0 aromatic heterocycles. The SMILES string of the molecule is N#Cc1ccc(NC(=O)C2CC2N)cc1Cl. The van der Waals surface area contributed by atoms with Crippen LogP contribution in [0.1, 0.15) is 12.0 Å². The molecule has 0 saturated heterocycles. The van der Waals surface area contributed by atoms with E-state index in [1.54, 1.807) is 18.2 Å². The molecule has 1 aliphatic carbocycles. The van der Waals surface area contributed by atoms with E-state index in [1.165, 1.54) is 0 Å². The molecule has 1 aliphatic rings. The lowest BCUT2D eigenvalue weighted by Crippen LogP contribution is -2.18. The molecule has 0 heterocycles. The molecule has 4 nitrogen and oxygen atoms in total. The second-order valence-corrected chi connectivity index (χ2v) is 4.21. The summed E-state index contributed by atoms with van der Waals surface area (Å²) in [5, 5.41) is 11.7. The van der Waals surface area contributed by atoms with Gasteiger partial charge in [-0.2, -0.15) is 5.26 Å². The van der Waals surface area contributed by atoms with E-state index in [4.69, 9.17) is 22.6 Å². The molecule has 0 aliphatic heterocycles. The Labute approximate surface area is 98.0 Å². The van der Waals surface area contributed by atoms with Crippen molar-refractivity contribution < 1.29 is 4.79 Å². The average Bonchev–Trinajstić information content (AvgIpc) is 2.96. The van der Waals surface area contributed by atoms with Crippen LogP contribution in [0.4, 0.5) is 5.69 Å². The largest absolute Gasteiger partial charge is 0.327 e. The summed E-state index contributed by atoms with van der Waals surface area (Å²) in [6.45, 7) is 0. The molecule has 16 heavy (non-hydrogen) atoms. The van der Waals surface area contributed by atoms with Gasteiger partial charge in [0.15, 0.2) is 0 Å². The number of hydrogen-bond donors (Lipinski definition) is 2. The molecular formula is C11H10ClN3O. The van der Waals surface area contributed by atoms with Crippen LogP contribution in [-0.2, 0) is 4.79 Å². The van der Waals surface area contributed by atoms with Crippen LogP contribution < -0.4 is 11.1 Å². The molecule has 0 spiro atoms. The highest BCUT2D eigenvalue weighted by Gasteiger charge is 2.39. The standard InChI is InChI=1S/C11H10ClN3O/c12-9-3-7(2-1-6(9)5-13)15-11(16)8-4-10(8)14/h1-3,8,10H,4,14H2,(H,15,16). The zero-order chi connectivity index (χ0) is 11.7. The number of benzene rings is 1. The van der Waals surface area contributed by atoms with Gasteiger partial charge in [0.25, 0.3) is 0 Å². The molecule has 3 N–H and O–H groups in total. The highest BCUT2D eigenvalue weighted by Crippen LogP contribution is 2.29. The molecule has 0 radical (unpaired) electrons. The van der Waals surface area contributed by atoms with E-state index in [9.17, 15) is 4.79 Å². The van der Waals surface area contributed by atoms with Gasteiger partial charge < -0.3 is 11.1 Å². The van der Waals surface area contributed by atoms with Gasteiger partial charge in [0.05, 0.1) is 16.5 Å². The van der Waals surface area contributed by atoms with Gasteiger partial charge in [-0.05, 0) is 24.6 Å². The number of nitrogens with zero attached hydrogens (tertiary/aromatic N) is 1. The third kappa shape index (κ3) is 2.16. The number of carbonyl (C=O) groups excluding carboxylic acids is 1. The molecule has 2 unspecified atom stereocenters. The van der Waals surface area contributed by atoms with Crippen molar-refractivity contribution in [3.8, 4) is 6.07 Å². The number of carbonyl (C=O) groups is 1. The van der Waals surface area contributed by atoms with E-state index in [1.807, 2.05) is 6.07 Å². The minimum Gasteiger partial charge on any atom is -0.327 e. The number of halogens is 1. The Kier molecular flexibility index (Phi) is 2.82. The van der Waals surface area contributed by atoms with Crippen LogP contribution in [-0.4, -0.2) is 11.9 Å². The third-order valence-corrected chi connectivity index (χ3v) is 2.85. The Morgan fingerprint density at radius 3 is 2.81 bits per heavy atom. The summed E-state index contributed by atoms with van der Waals surface area (Å²) in [5.74, 6) is -0.178. The van der Waals surface area contributed by atoms with Crippen molar-refractivity contribution in [3.05, 3.63) is 28.8 Å². The predicted octanol–water partition coefficient (Wildman–Crippen LogP) is 1.50. The first-order chi connectivity index (χ1) is 7.61. The van der Waals surface area contributed by atoms with Crippen molar-refractivity contribution in [1.82, 2.24) is 0 Å². The predicted molar refractivity (Wildman–Crippen MR) is 60.9 cm³/mol. The van der Waals surface area contributed by atoms with Gasteiger partial charge >= 0.3 is 0 Å². The average molecular weight is 236 g/mol. The second kappa shape index (κ2) is 4.12. The van der Waals surface area contributed by atoms with Gasteiger partial charge in [-0.1, -0.05) is 11.6 Å². The summed E-state index contributed by atoms with van der Waals surface area (Å²) >= 11 is 5.84. The van der Waals surface area contributed by atoms with E-state index in [2.05, 4.69) is 5.32 Å². The van der Waals surface area contributed by atoms with Gasteiger partial charge in [0.2, 0.25) is 5.91 Å². The van der Waals surface area contributed by atoms with Crippen molar-refractivity contribution >= 4 is 23.2 Å². The smallest absolute Gasteiger partial charge is 0.229 e. The highest BCUT2D eigenvalue weighted by molar-refractivity contribution is 6.32. The summed E-state index contributed by atoms with van der Waals surface area (Å²) in [7, 11) is 0. The summed E-state index contributed by atoms with van der Waals surface area (Å²) in [6, 6.07) is 6.72. The van der Waals surface area contributed by atoms with Crippen LogP contribution in [0.25, 0.3) is 0 Å². The van der Waals surface area contributed by atoms with Gasteiger partial charge in [-0.25, -0.2) is 0 Å². The lowest BCUT2D eigenvalue weighted by molar-refractivity contribution is -0.117. The first-order valence-corrected chi connectivity index (χ1v) is 5.25. The Morgan fingerprint density at radius 1 is 1.62 bits per heavy atom. The number of anilines is 1. The molecule has 2 rings (SSSR count). The molecule has 2 atom stereocenters. The first-order valence-electron chi connectivity index (χ1n) is 4.88. The van der Waals surface area contributed by atoms with Crippen LogP contribution in [0.15, 0.2) is 18.2 Å². The quantitative estimate of drug-likeness (QED) is 0.815. The third-order valence-electron chi connectivity index (χ3n) is 2.53. The van der Waals surface area contributed by atoms with Gasteiger partial charge in [-0.3, -0.25) is 4.79 Å². The molecule has 5 heteroatoms.